The Hall–Kier alpha value is -2.47. The molecule has 148 valence electrons. The van der Waals surface area contributed by atoms with E-state index in [1.807, 2.05) is 11.6 Å². The van der Waals surface area contributed by atoms with E-state index >= 15 is 0 Å². The van der Waals surface area contributed by atoms with Gasteiger partial charge in [0.15, 0.2) is 0 Å². The second kappa shape index (κ2) is 7.17. The van der Waals surface area contributed by atoms with Gasteiger partial charge in [-0.1, -0.05) is 11.6 Å². The van der Waals surface area contributed by atoms with Crippen molar-refractivity contribution < 1.29 is 13.5 Å². The smallest absolute Gasteiger partial charge is 0.248 e. The molecule has 1 N–H and O–H groups in total. The van der Waals surface area contributed by atoms with E-state index < -0.39 is 5.92 Å². The van der Waals surface area contributed by atoms with Gasteiger partial charge in [-0.05, 0) is 19.8 Å². The Kier molecular flexibility index (Phi) is 4.83. The summed E-state index contributed by atoms with van der Waals surface area (Å²) in [6.45, 7) is 2.07. The van der Waals surface area contributed by atoms with Crippen LogP contribution in [0.1, 0.15) is 37.4 Å². The first-order valence-corrected chi connectivity index (χ1v) is 9.46. The summed E-state index contributed by atoms with van der Waals surface area (Å²) in [5.41, 5.74) is 1.66. The number of nitrogens with zero attached hydrogens (tertiary/aromatic N) is 5. The molecule has 2 fully saturated rings. The molecule has 4 rings (SSSR count). The zero-order valence-electron chi connectivity index (χ0n) is 15.2. The van der Waals surface area contributed by atoms with Crippen LogP contribution in [0.3, 0.4) is 0 Å². The second-order valence-corrected chi connectivity index (χ2v) is 7.86. The van der Waals surface area contributed by atoms with Crippen molar-refractivity contribution in [3.8, 4) is 11.9 Å². The van der Waals surface area contributed by atoms with Crippen molar-refractivity contribution in [3.63, 3.8) is 0 Å². The van der Waals surface area contributed by atoms with E-state index in [1.54, 1.807) is 6.20 Å². The van der Waals surface area contributed by atoms with Gasteiger partial charge in [-0.25, -0.2) is 13.8 Å². The average molecular weight is 409 g/mol. The lowest BCUT2D eigenvalue weighted by Gasteiger charge is -2.34. The molecule has 0 saturated heterocycles. The number of nitriles is 1. The molecule has 0 aromatic carbocycles. The Labute approximate surface area is 165 Å². The number of alkyl halides is 2. The van der Waals surface area contributed by atoms with Crippen LogP contribution in [0.2, 0.25) is 5.02 Å². The van der Waals surface area contributed by atoms with Crippen molar-refractivity contribution in [2.24, 2.45) is 11.8 Å². The summed E-state index contributed by atoms with van der Waals surface area (Å²) in [6, 6.07) is 2.49. The summed E-state index contributed by atoms with van der Waals surface area (Å²) in [7, 11) is 0. The molecule has 2 aromatic rings. The predicted octanol–water partition coefficient (Wildman–Crippen LogP) is 4.28. The number of nitrogens with one attached hydrogen (secondary N) is 1. The lowest BCUT2D eigenvalue weighted by atomic mass is 9.81. The minimum Gasteiger partial charge on any atom is -0.476 e. The predicted molar refractivity (Wildman–Crippen MR) is 97.8 cm³/mol. The van der Waals surface area contributed by atoms with E-state index in [4.69, 9.17) is 21.6 Å². The molecule has 2 aliphatic carbocycles. The molecular weight excluding hydrogens is 390 g/mol. The van der Waals surface area contributed by atoms with Crippen LogP contribution >= 0.6 is 11.6 Å². The van der Waals surface area contributed by atoms with Gasteiger partial charge in [0.05, 0.1) is 48.4 Å². The summed E-state index contributed by atoms with van der Waals surface area (Å²) in [5.74, 6) is -2.24. The van der Waals surface area contributed by atoms with Gasteiger partial charge in [-0.2, -0.15) is 15.3 Å². The van der Waals surface area contributed by atoms with Crippen molar-refractivity contribution in [2.45, 2.75) is 44.6 Å². The Morgan fingerprint density at radius 3 is 2.82 bits per heavy atom. The second-order valence-electron chi connectivity index (χ2n) is 7.45. The van der Waals surface area contributed by atoms with E-state index in [0.717, 1.165) is 24.2 Å². The first-order valence-electron chi connectivity index (χ1n) is 9.08. The Morgan fingerprint density at radius 1 is 1.39 bits per heavy atom. The molecule has 7 nitrogen and oxygen atoms in total. The standard InChI is InChI=1S/C18H19ClF2N6O/c1-10-15(8-24-27(10)13-2-11(3-13)6-22)25-17-23-7-14(19)16(26-17)28-9-12-4-18(20,21)5-12/h7-8,11-13H,2-5,9H2,1H3,(H,23,25,26). The quantitative estimate of drug-likeness (QED) is 0.767. The van der Waals surface area contributed by atoms with E-state index in [9.17, 15) is 8.78 Å². The minimum atomic E-state index is -2.58. The number of anilines is 2. The third-order valence-electron chi connectivity index (χ3n) is 5.28. The molecule has 2 aliphatic rings. The van der Waals surface area contributed by atoms with Gasteiger partial charge in [-0.15, -0.1) is 0 Å². The molecule has 0 spiro atoms. The van der Waals surface area contributed by atoms with Crippen molar-refractivity contribution in [1.82, 2.24) is 19.7 Å². The minimum absolute atomic E-state index is 0.0972. The SMILES string of the molecule is Cc1c(Nc2ncc(Cl)c(OCC3CC(F)(F)C3)n2)cnn1C1CC(C#N)C1. The number of rotatable bonds is 6. The van der Waals surface area contributed by atoms with Crippen LogP contribution in [0.5, 0.6) is 5.88 Å². The molecule has 2 heterocycles. The van der Waals surface area contributed by atoms with Crippen LogP contribution in [0.25, 0.3) is 0 Å². The zero-order chi connectivity index (χ0) is 19.9. The van der Waals surface area contributed by atoms with Gasteiger partial charge in [0.1, 0.15) is 5.02 Å². The molecule has 0 aliphatic heterocycles. The van der Waals surface area contributed by atoms with Gasteiger partial charge in [0, 0.05) is 18.8 Å². The Morgan fingerprint density at radius 2 is 2.14 bits per heavy atom. The van der Waals surface area contributed by atoms with Gasteiger partial charge >= 0.3 is 0 Å². The third-order valence-corrected chi connectivity index (χ3v) is 5.53. The molecular formula is C18H19ClF2N6O. The highest BCUT2D eigenvalue weighted by Gasteiger charge is 2.45. The van der Waals surface area contributed by atoms with Gasteiger partial charge in [-0.3, -0.25) is 4.68 Å². The van der Waals surface area contributed by atoms with Crippen LogP contribution in [-0.2, 0) is 0 Å². The van der Waals surface area contributed by atoms with Crippen LogP contribution in [0.4, 0.5) is 20.4 Å². The van der Waals surface area contributed by atoms with E-state index in [1.165, 1.54) is 6.20 Å². The summed E-state index contributed by atoms with van der Waals surface area (Å²) >= 11 is 6.06. The van der Waals surface area contributed by atoms with E-state index in [2.05, 4.69) is 26.5 Å². The van der Waals surface area contributed by atoms with E-state index in [0.29, 0.717) is 0 Å². The Balaban J connectivity index is 1.40. The van der Waals surface area contributed by atoms with Crippen LogP contribution in [0.15, 0.2) is 12.4 Å². The normalized spacial score (nSPS) is 23.4. The fourth-order valence-corrected chi connectivity index (χ4v) is 3.69. The van der Waals surface area contributed by atoms with Crippen molar-refractivity contribution >= 4 is 23.2 Å². The average Bonchev–Trinajstić information content (AvgIpc) is 2.93. The Bertz CT molecular complexity index is 913. The number of hydrogen-bond acceptors (Lipinski definition) is 6. The highest BCUT2D eigenvalue weighted by Crippen LogP contribution is 2.42. The first kappa shape index (κ1) is 18.9. The molecule has 10 heteroatoms. The zero-order valence-corrected chi connectivity index (χ0v) is 16.0. The highest BCUT2D eigenvalue weighted by molar-refractivity contribution is 6.31. The fourth-order valence-electron chi connectivity index (χ4n) is 3.54. The monoisotopic (exact) mass is 408 g/mol. The number of ether oxygens (including phenoxy) is 1. The first-order chi connectivity index (χ1) is 13.3. The summed E-state index contributed by atoms with van der Waals surface area (Å²) < 4.78 is 33.3. The lowest BCUT2D eigenvalue weighted by molar-refractivity contribution is -0.119. The molecule has 2 saturated carbocycles. The number of halogens is 3. The van der Waals surface area contributed by atoms with Crippen molar-refractivity contribution in [3.05, 3.63) is 23.1 Å². The van der Waals surface area contributed by atoms with Gasteiger partial charge < -0.3 is 10.1 Å². The van der Waals surface area contributed by atoms with Crippen LogP contribution < -0.4 is 10.1 Å². The molecule has 2 aromatic heterocycles. The topological polar surface area (TPSA) is 88.7 Å². The molecule has 28 heavy (non-hydrogen) atoms. The summed E-state index contributed by atoms with van der Waals surface area (Å²) in [6.07, 6.45) is 4.34. The largest absolute Gasteiger partial charge is 0.476 e. The van der Waals surface area contributed by atoms with Crippen LogP contribution in [0, 0.1) is 30.1 Å². The van der Waals surface area contributed by atoms with E-state index in [-0.39, 0.29) is 54.2 Å². The van der Waals surface area contributed by atoms with Crippen molar-refractivity contribution in [1.29, 1.82) is 5.26 Å². The van der Waals surface area contributed by atoms with Crippen LogP contribution in [-0.4, -0.2) is 32.3 Å². The molecule has 0 unspecified atom stereocenters. The summed E-state index contributed by atoms with van der Waals surface area (Å²) in [5, 5.41) is 16.6. The fraction of sp³-hybridized carbons (Fsp3) is 0.556. The highest BCUT2D eigenvalue weighted by atomic mass is 35.5. The van der Waals surface area contributed by atoms with Crippen molar-refractivity contribution in [2.75, 3.05) is 11.9 Å². The number of aromatic nitrogens is 4. The molecule has 0 atom stereocenters. The molecule has 0 amide bonds. The molecule has 0 radical (unpaired) electrons. The maximum Gasteiger partial charge on any atom is 0.248 e. The maximum atomic E-state index is 12.9. The third kappa shape index (κ3) is 3.74. The molecule has 0 bridgehead atoms. The number of hydrogen-bond donors (Lipinski definition) is 1. The lowest BCUT2D eigenvalue weighted by Crippen LogP contribution is -2.38. The summed E-state index contributed by atoms with van der Waals surface area (Å²) in [4.78, 5) is 8.38. The van der Waals surface area contributed by atoms with Gasteiger partial charge in [0.2, 0.25) is 17.8 Å². The maximum absolute atomic E-state index is 12.9. The van der Waals surface area contributed by atoms with Gasteiger partial charge in [0.25, 0.3) is 0 Å².